The zero-order valence-corrected chi connectivity index (χ0v) is 12.3. The molecule has 0 unspecified atom stereocenters. The molecule has 0 atom stereocenters. The average Bonchev–Trinajstić information content (AvgIpc) is 3.23. The van der Waals surface area contributed by atoms with Crippen LogP contribution in [-0.2, 0) is 0 Å². The predicted octanol–water partition coefficient (Wildman–Crippen LogP) is 2.04. The Morgan fingerprint density at radius 1 is 1.32 bits per heavy atom. The van der Waals surface area contributed by atoms with Crippen molar-refractivity contribution in [2.24, 2.45) is 5.92 Å². The SMILES string of the molecule is CNC.CO.Cc1cc(C=O)cc(OCC2CC2)c1. The number of hydrogen-bond acceptors (Lipinski definition) is 4. The highest BCUT2D eigenvalue weighted by molar-refractivity contribution is 5.76. The minimum Gasteiger partial charge on any atom is -0.493 e. The van der Waals surface area contributed by atoms with Crippen molar-refractivity contribution < 1.29 is 14.6 Å². The van der Waals surface area contributed by atoms with Crippen LogP contribution in [-0.4, -0.2) is 39.2 Å². The molecular formula is C15H25NO3. The normalized spacial score (nSPS) is 12.5. The van der Waals surface area contributed by atoms with Gasteiger partial charge in [-0.3, -0.25) is 4.79 Å². The molecule has 4 heteroatoms. The van der Waals surface area contributed by atoms with Crippen LogP contribution in [0, 0.1) is 12.8 Å². The average molecular weight is 267 g/mol. The molecule has 0 aromatic heterocycles. The quantitative estimate of drug-likeness (QED) is 0.820. The van der Waals surface area contributed by atoms with E-state index in [0.717, 1.165) is 37.2 Å². The first-order valence-electron chi connectivity index (χ1n) is 6.42. The van der Waals surface area contributed by atoms with E-state index in [1.165, 1.54) is 12.8 Å². The summed E-state index contributed by atoms with van der Waals surface area (Å²) in [6.45, 7) is 2.76. The number of aldehydes is 1. The van der Waals surface area contributed by atoms with Crippen LogP contribution >= 0.6 is 0 Å². The van der Waals surface area contributed by atoms with Gasteiger partial charge in [-0.25, -0.2) is 0 Å². The minimum absolute atomic E-state index is 0.691. The van der Waals surface area contributed by atoms with Gasteiger partial charge in [-0.1, -0.05) is 0 Å². The van der Waals surface area contributed by atoms with E-state index in [4.69, 9.17) is 9.84 Å². The number of carbonyl (C=O) groups is 1. The Labute approximate surface area is 115 Å². The smallest absolute Gasteiger partial charge is 0.150 e. The van der Waals surface area contributed by atoms with Crippen LogP contribution in [0.3, 0.4) is 0 Å². The molecule has 4 nitrogen and oxygen atoms in total. The van der Waals surface area contributed by atoms with Gasteiger partial charge in [0.2, 0.25) is 0 Å². The van der Waals surface area contributed by atoms with Gasteiger partial charge in [0, 0.05) is 12.7 Å². The maximum Gasteiger partial charge on any atom is 0.150 e. The van der Waals surface area contributed by atoms with Gasteiger partial charge >= 0.3 is 0 Å². The van der Waals surface area contributed by atoms with E-state index in [9.17, 15) is 4.79 Å². The van der Waals surface area contributed by atoms with E-state index < -0.39 is 0 Å². The molecule has 0 amide bonds. The molecule has 1 aliphatic rings. The molecule has 0 radical (unpaired) electrons. The molecule has 1 aromatic carbocycles. The highest BCUT2D eigenvalue weighted by Gasteiger charge is 2.21. The number of nitrogens with one attached hydrogen (secondary N) is 1. The van der Waals surface area contributed by atoms with Gasteiger partial charge in [0.15, 0.2) is 0 Å². The van der Waals surface area contributed by atoms with E-state index in [1.54, 1.807) is 6.07 Å². The fourth-order valence-corrected chi connectivity index (χ4v) is 1.43. The molecule has 0 heterocycles. The van der Waals surface area contributed by atoms with Crippen LogP contribution in [0.2, 0.25) is 0 Å². The summed E-state index contributed by atoms with van der Waals surface area (Å²) in [4.78, 5) is 10.6. The number of benzene rings is 1. The predicted molar refractivity (Wildman–Crippen MR) is 77.9 cm³/mol. The Bertz CT molecular complexity index is 362. The van der Waals surface area contributed by atoms with E-state index in [2.05, 4.69) is 5.32 Å². The first kappa shape index (κ1) is 17.6. The van der Waals surface area contributed by atoms with Crippen molar-refractivity contribution in [1.82, 2.24) is 5.32 Å². The van der Waals surface area contributed by atoms with Gasteiger partial charge in [-0.15, -0.1) is 0 Å². The molecule has 0 spiro atoms. The third kappa shape index (κ3) is 8.35. The highest BCUT2D eigenvalue weighted by Crippen LogP contribution is 2.29. The Morgan fingerprint density at radius 3 is 2.37 bits per heavy atom. The summed E-state index contributed by atoms with van der Waals surface area (Å²) < 4.78 is 5.59. The lowest BCUT2D eigenvalue weighted by molar-refractivity contribution is 0.112. The second-order valence-electron chi connectivity index (χ2n) is 4.45. The summed E-state index contributed by atoms with van der Waals surface area (Å²) in [7, 11) is 4.75. The van der Waals surface area contributed by atoms with Crippen molar-refractivity contribution in [2.45, 2.75) is 19.8 Å². The number of aliphatic hydroxyl groups is 1. The minimum atomic E-state index is 0.691. The molecule has 19 heavy (non-hydrogen) atoms. The maximum absolute atomic E-state index is 10.6. The fourth-order valence-electron chi connectivity index (χ4n) is 1.43. The summed E-state index contributed by atoms with van der Waals surface area (Å²) in [5.41, 5.74) is 1.76. The first-order valence-corrected chi connectivity index (χ1v) is 6.42. The summed E-state index contributed by atoms with van der Waals surface area (Å²) in [5, 5.41) is 9.75. The second kappa shape index (κ2) is 10.5. The van der Waals surface area contributed by atoms with Gasteiger partial charge in [0.1, 0.15) is 12.0 Å². The summed E-state index contributed by atoms with van der Waals surface area (Å²) in [5.74, 6) is 1.56. The van der Waals surface area contributed by atoms with Crippen molar-refractivity contribution >= 4 is 6.29 Å². The van der Waals surface area contributed by atoms with Crippen LogP contribution in [0.5, 0.6) is 5.75 Å². The number of aliphatic hydroxyl groups excluding tert-OH is 1. The summed E-state index contributed by atoms with van der Waals surface area (Å²) in [6, 6.07) is 5.62. The molecule has 1 saturated carbocycles. The second-order valence-corrected chi connectivity index (χ2v) is 4.45. The summed E-state index contributed by atoms with van der Waals surface area (Å²) in [6.07, 6.45) is 3.43. The van der Waals surface area contributed by atoms with Crippen LogP contribution in [0.4, 0.5) is 0 Å². The molecule has 1 aromatic rings. The van der Waals surface area contributed by atoms with E-state index >= 15 is 0 Å². The topological polar surface area (TPSA) is 58.6 Å². The lowest BCUT2D eigenvalue weighted by Crippen LogP contribution is -1.99. The number of ether oxygens (including phenoxy) is 1. The van der Waals surface area contributed by atoms with Crippen LogP contribution in [0.25, 0.3) is 0 Å². The number of hydrogen-bond donors (Lipinski definition) is 2. The first-order chi connectivity index (χ1) is 9.19. The Hall–Kier alpha value is -1.39. The molecule has 108 valence electrons. The molecule has 0 bridgehead atoms. The van der Waals surface area contributed by atoms with E-state index in [-0.39, 0.29) is 0 Å². The van der Waals surface area contributed by atoms with Gasteiger partial charge in [0.05, 0.1) is 6.61 Å². The Morgan fingerprint density at radius 2 is 1.89 bits per heavy atom. The largest absolute Gasteiger partial charge is 0.493 e. The molecular weight excluding hydrogens is 242 g/mol. The molecule has 0 saturated heterocycles. The Balaban J connectivity index is 0.000000573. The monoisotopic (exact) mass is 267 g/mol. The standard InChI is InChI=1S/C12H14O2.C2H7N.CH4O/c1-9-4-11(7-13)6-12(5-9)14-8-10-2-3-10;1-3-2;1-2/h4-7,10H,2-3,8H2,1H3;3H,1-2H3;2H,1H3. The zero-order valence-electron chi connectivity index (χ0n) is 12.3. The van der Waals surface area contributed by atoms with Crippen LogP contribution < -0.4 is 10.1 Å². The Kier molecular flexibility index (Phi) is 9.75. The number of rotatable bonds is 4. The zero-order chi connectivity index (χ0) is 14.7. The summed E-state index contributed by atoms with van der Waals surface area (Å²) >= 11 is 0. The van der Waals surface area contributed by atoms with E-state index in [1.807, 2.05) is 33.2 Å². The lowest BCUT2D eigenvalue weighted by Gasteiger charge is -2.06. The van der Waals surface area contributed by atoms with Crippen molar-refractivity contribution in [2.75, 3.05) is 27.8 Å². The van der Waals surface area contributed by atoms with Gasteiger partial charge < -0.3 is 15.2 Å². The van der Waals surface area contributed by atoms with Crippen molar-refractivity contribution in [3.8, 4) is 5.75 Å². The third-order valence-electron chi connectivity index (χ3n) is 2.39. The maximum atomic E-state index is 10.6. The molecule has 2 N–H and O–H groups in total. The molecule has 0 aliphatic heterocycles. The number of aryl methyl sites for hydroxylation is 1. The molecule has 1 aliphatic carbocycles. The van der Waals surface area contributed by atoms with Gasteiger partial charge in [0.25, 0.3) is 0 Å². The third-order valence-corrected chi connectivity index (χ3v) is 2.39. The fraction of sp³-hybridized carbons (Fsp3) is 0.533. The van der Waals surface area contributed by atoms with Crippen LogP contribution in [0.1, 0.15) is 28.8 Å². The van der Waals surface area contributed by atoms with Gasteiger partial charge in [-0.2, -0.15) is 0 Å². The number of carbonyl (C=O) groups excluding carboxylic acids is 1. The van der Waals surface area contributed by atoms with Crippen LogP contribution in [0.15, 0.2) is 18.2 Å². The lowest BCUT2D eigenvalue weighted by atomic mass is 10.1. The highest BCUT2D eigenvalue weighted by atomic mass is 16.5. The molecule has 1 fully saturated rings. The van der Waals surface area contributed by atoms with E-state index in [0.29, 0.717) is 5.56 Å². The van der Waals surface area contributed by atoms with Crippen molar-refractivity contribution in [3.05, 3.63) is 29.3 Å². The van der Waals surface area contributed by atoms with Crippen molar-refractivity contribution in [3.63, 3.8) is 0 Å². The van der Waals surface area contributed by atoms with Crippen molar-refractivity contribution in [1.29, 1.82) is 0 Å². The van der Waals surface area contributed by atoms with Gasteiger partial charge in [-0.05, 0) is 63.5 Å². The molecule has 2 rings (SSSR count).